The second-order valence-electron chi connectivity index (χ2n) is 6.01. The summed E-state index contributed by atoms with van der Waals surface area (Å²) in [6.45, 7) is -0.543. The summed E-state index contributed by atoms with van der Waals surface area (Å²) in [5.74, 6) is -2.51. The van der Waals surface area contributed by atoms with Crippen molar-refractivity contribution in [1.82, 2.24) is 4.90 Å². The van der Waals surface area contributed by atoms with E-state index in [9.17, 15) is 19.1 Å². The number of carbonyl (C=O) groups is 2. The Hall–Kier alpha value is -2.44. The second kappa shape index (κ2) is 7.85. The molecule has 0 radical (unpaired) electrons. The average molecular weight is 378 g/mol. The maximum absolute atomic E-state index is 13.7. The number of halogens is 2. The fourth-order valence-corrected chi connectivity index (χ4v) is 3.29. The van der Waals surface area contributed by atoms with E-state index in [1.54, 1.807) is 0 Å². The molecule has 2 amide bonds. The molecule has 3 rings (SSSR count). The van der Waals surface area contributed by atoms with Crippen LogP contribution in [0.4, 0.5) is 9.18 Å². The lowest BCUT2D eigenvalue weighted by molar-refractivity contribution is -0.131. The molecule has 136 valence electrons. The molecule has 1 aliphatic rings. The fourth-order valence-electron chi connectivity index (χ4n) is 3.03. The summed E-state index contributed by atoms with van der Waals surface area (Å²) < 4.78 is 18.8. The minimum absolute atomic E-state index is 0.0640. The standard InChI is InChI=1S/C19H17ClFNO4/c20-17-14(7-4-8-16(17)21)15(10-23)18(24)22-13(11-26-19(22)25)9-12-5-2-1-3-6-12/h1-8,13,15,23H,9-11H2/t13-,15-/m1/s1. The van der Waals surface area contributed by atoms with Crippen LogP contribution in [0.1, 0.15) is 17.0 Å². The molecule has 5 nitrogen and oxygen atoms in total. The van der Waals surface area contributed by atoms with Crippen LogP contribution < -0.4 is 0 Å². The van der Waals surface area contributed by atoms with Gasteiger partial charge in [-0.2, -0.15) is 0 Å². The van der Waals surface area contributed by atoms with Gasteiger partial charge in [0, 0.05) is 0 Å². The van der Waals surface area contributed by atoms with Crippen LogP contribution in [-0.4, -0.2) is 41.3 Å². The summed E-state index contributed by atoms with van der Waals surface area (Å²) >= 11 is 5.95. The monoisotopic (exact) mass is 377 g/mol. The summed E-state index contributed by atoms with van der Waals surface area (Å²) in [5.41, 5.74) is 1.08. The number of carbonyl (C=O) groups excluding carboxylic acids is 2. The minimum Gasteiger partial charge on any atom is -0.447 e. The van der Waals surface area contributed by atoms with E-state index in [1.165, 1.54) is 12.1 Å². The molecule has 0 saturated carbocycles. The van der Waals surface area contributed by atoms with E-state index in [1.807, 2.05) is 30.3 Å². The van der Waals surface area contributed by atoms with Crippen LogP contribution in [-0.2, 0) is 16.0 Å². The highest BCUT2D eigenvalue weighted by atomic mass is 35.5. The number of rotatable bonds is 5. The normalized spacial score (nSPS) is 17.9. The van der Waals surface area contributed by atoms with Gasteiger partial charge in [0.2, 0.25) is 5.91 Å². The van der Waals surface area contributed by atoms with Gasteiger partial charge in [-0.15, -0.1) is 0 Å². The Morgan fingerprint density at radius 1 is 1.27 bits per heavy atom. The van der Waals surface area contributed by atoms with Crippen LogP contribution in [0.15, 0.2) is 48.5 Å². The van der Waals surface area contributed by atoms with Crippen molar-refractivity contribution in [2.75, 3.05) is 13.2 Å². The number of nitrogens with zero attached hydrogens (tertiary/aromatic N) is 1. The summed E-state index contributed by atoms with van der Waals surface area (Å²) in [5, 5.41) is 9.46. The van der Waals surface area contributed by atoms with Crippen LogP contribution >= 0.6 is 11.6 Å². The lowest BCUT2D eigenvalue weighted by Gasteiger charge is -2.24. The summed E-state index contributed by atoms with van der Waals surface area (Å²) in [7, 11) is 0. The Morgan fingerprint density at radius 2 is 2.00 bits per heavy atom. The molecular weight excluding hydrogens is 361 g/mol. The van der Waals surface area contributed by atoms with Gasteiger partial charge >= 0.3 is 6.09 Å². The molecule has 0 spiro atoms. The van der Waals surface area contributed by atoms with Gasteiger partial charge in [-0.1, -0.05) is 54.1 Å². The first-order chi connectivity index (χ1) is 12.5. The molecule has 2 aromatic rings. The van der Waals surface area contributed by atoms with Crippen molar-refractivity contribution in [3.8, 4) is 0 Å². The number of hydrogen-bond donors (Lipinski definition) is 1. The van der Waals surface area contributed by atoms with Crippen molar-refractivity contribution in [3.05, 3.63) is 70.5 Å². The molecule has 2 atom stereocenters. The van der Waals surface area contributed by atoms with Crippen LogP contribution in [0.2, 0.25) is 5.02 Å². The van der Waals surface area contributed by atoms with Gasteiger partial charge < -0.3 is 9.84 Å². The van der Waals surface area contributed by atoms with Gasteiger partial charge in [0.05, 0.1) is 23.6 Å². The fraction of sp³-hybridized carbons (Fsp3) is 0.263. The smallest absolute Gasteiger partial charge is 0.417 e. The number of amides is 2. The van der Waals surface area contributed by atoms with E-state index >= 15 is 0 Å². The number of benzene rings is 2. The van der Waals surface area contributed by atoms with Gasteiger partial charge in [-0.25, -0.2) is 14.1 Å². The van der Waals surface area contributed by atoms with Crippen molar-refractivity contribution in [2.45, 2.75) is 18.4 Å². The Morgan fingerprint density at radius 3 is 2.69 bits per heavy atom. The van der Waals surface area contributed by atoms with Crippen LogP contribution in [0, 0.1) is 5.82 Å². The third-order valence-corrected chi connectivity index (χ3v) is 4.75. The summed E-state index contributed by atoms with van der Waals surface area (Å²) in [4.78, 5) is 26.0. The Kier molecular flexibility index (Phi) is 5.54. The number of hydrogen-bond acceptors (Lipinski definition) is 4. The number of ether oxygens (including phenoxy) is 1. The van der Waals surface area contributed by atoms with Crippen molar-refractivity contribution in [1.29, 1.82) is 0 Å². The van der Waals surface area contributed by atoms with Gasteiger partial charge in [-0.3, -0.25) is 4.79 Å². The van der Waals surface area contributed by atoms with E-state index in [2.05, 4.69) is 0 Å². The molecule has 0 unspecified atom stereocenters. The third kappa shape index (κ3) is 3.57. The van der Waals surface area contributed by atoms with E-state index in [-0.39, 0.29) is 17.2 Å². The number of imide groups is 1. The second-order valence-corrected chi connectivity index (χ2v) is 6.38. The lowest BCUT2D eigenvalue weighted by atomic mass is 9.96. The van der Waals surface area contributed by atoms with Gasteiger partial charge in [-0.05, 0) is 23.6 Å². The molecule has 2 aromatic carbocycles. The van der Waals surface area contributed by atoms with E-state index in [0.717, 1.165) is 16.5 Å². The van der Waals surface area contributed by atoms with Crippen LogP contribution in [0.3, 0.4) is 0 Å². The molecule has 1 saturated heterocycles. The topological polar surface area (TPSA) is 66.8 Å². The zero-order valence-corrected chi connectivity index (χ0v) is 14.5. The molecule has 7 heteroatoms. The summed E-state index contributed by atoms with van der Waals surface area (Å²) in [6, 6.07) is 12.9. The maximum Gasteiger partial charge on any atom is 0.417 e. The highest BCUT2D eigenvalue weighted by Crippen LogP contribution is 2.30. The molecule has 1 N–H and O–H groups in total. The molecule has 0 aromatic heterocycles. The van der Waals surface area contributed by atoms with Crippen LogP contribution in [0.5, 0.6) is 0 Å². The third-order valence-electron chi connectivity index (χ3n) is 4.35. The molecule has 26 heavy (non-hydrogen) atoms. The van der Waals surface area contributed by atoms with Crippen molar-refractivity contribution < 1.29 is 23.8 Å². The Labute approximate surface area is 154 Å². The van der Waals surface area contributed by atoms with E-state index in [4.69, 9.17) is 16.3 Å². The SMILES string of the molecule is O=C1OC[C@@H](Cc2ccccc2)N1C(=O)[C@H](CO)c1cccc(F)c1Cl. The molecule has 1 aliphatic heterocycles. The lowest BCUT2D eigenvalue weighted by Crippen LogP contribution is -2.43. The van der Waals surface area contributed by atoms with Crippen LogP contribution in [0.25, 0.3) is 0 Å². The Bertz CT molecular complexity index is 814. The molecule has 0 bridgehead atoms. The van der Waals surface area contributed by atoms with Crippen molar-refractivity contribution in [3.63, 3.8) is 0 Å². The molecule has 0 aliphatic carbocycles. The predicted molar refractivity (Wildman–Crippen MR) is 93.4 cm³/mol. The summed E-state index contributed by atoms with van der Waals surface area (Å²) in [6.07, 6.45) is -0.352. The largest absolute Gasteiger partial charge is 0.447 e. The zero-order chi connectivity index (χ0) is 18.7. The maximum atomic E-state index is 13.7. The van der Waals surface area contributed by atoms with E-state index in [0.29, 0.717) is 6.42 Å². The molecule has 1 heterocycles. The highest BCUT2D eigenvalue weighted by molar-refractivity contribution is 6.31. The molecule has 1 fully saturated rings. The minimum atomic E-state index is -1.15. The number of aliphatic hydroxyl groups is 1. The molecular formula is C19H17ClFNO4. The quantitative estimate of drug-likeness (QED) is 0.869. The first-order valence-electron chi connectivity index (χ1n) is 8.11. The highest BCUT2D eigenvalue weighted by Gasteiger charge is 2.41. The van der Waals surface area contributed by atoms with E-state index < -0.39 is 36.4 Å². The number of cyclic esters (lactones) is 1. The zero-order valence-electron chi connectivity index (χ0n) is 13.8. The van der Waals surface area contributed by atoms with Crippen molar-refractivity contribution >= 4 is 23.6 Å². The first-order valence-corrected chi connectivity index (χ1v) is 8.49. The first kappa shape index (κ1) is 18.4. The average Bonchev–Trinajstić information content (AvgIpc) is 3.00. The Balaban J connectivity index is 1.87. The van der Waals surface area contributed by atoms with Gasteiger partial charge in [0.1, 0.15) is 12.4 Å². The predicted octanol–water partition coefficient (Wildman–Crippen LogP) is 3.15. The number of aliphatic hydroxyl groups excluding tert-OH is 1. The van der Waals surface area contributed by atoms with Crippen molar-refractivity contribution in [2.24, 2.45) is 0 Å². The van der Waals surface area contributed by atoms with Gasteiger partial charge in [0.25, 0.3) is 0 Å². The van der Waals surface area contributed by atoms with Gasteiger partial charge in [0.15, 0.2) is 0 Å².